The Morgan fingerprint density at radius 3 is 2.67 bits per heavy atom. The molecule has 4 nitrogen and oxygen atoms in total. The predicted octanol–water partition coefficient (Wildman–Crippen LogP) is 2.67. The van der Waals surface area contributed by atoms with E-state index in [1.165, 1.54) is 12.1 Å². The number of halogens is 1. The molecule has 0 heterocycles. The summed E-state index contributed by atoms with van der Waals surface area (Å²) in [5.74, 6) is -0.599. The maximum Gasteiger partial charge on any atom is 0.272 e. The Labute approximate surface area is 85.8 Å². The maximum absolute atomic E-state index is 13.3. The SMILES string of the molecule is CC1(Oc2ccc([N+](=O)[O-])cc2F)CC1. The van der Waals surface area contributed by atoms with E-state index >= 15 is 0 Å². The van der Waals surface area contributed by atoms with E-state index in [2.05, 4.69) is 0 Å². The van der Waals surface area contributed by atoms with Gasteiger partial charge in [0.15, 0.2) is 11.6 Å². The summed E-state index contributed by atoms with van der Waals surface area (Å²) in [4.78, 5) is 9.73. The van der Waals surface area contributed by atoms with Crippen LogP contribution in [0.25, 0.3) is 0 Å². The minimum absolute atomic E-state index is 0.0839. The summed E-state index contributed by atoms with van der Waals surface area (Å²) in [5, 5.41) is 10.4. The van der Waals surface area contributed by atoms with Crippen molar-refractivity contribution in [3.05, 3.63) is 34.1 Å². The predicted molar refractivity (Wildman–Crippen MR) is 51.3 cm³/mol. The van der Waals surface area contributed by atoms with Gasteiger partial charge in [-0.15, -0.1) is 0 Å². The lowest BCUT2D eigenvalue weighted by Gasteiger charge is -2.12. The normalized spacial score (nSPS) is 17.2. The summed E-state index contributed by atoms with van der Waals surface area (Å²) in [7, 11) is 0. The number of non-ortho nitro benzene ring substituents is 1. The van der Waals surface area contributed by atoms with Crippen LogP contribution in [0.15, 0.2) is 18.2 Å². The van der Waals surface area contributed by atoms with Crippen molar-refractivity contribution in [2.45, 2.75) is 25.4 Å². The molecular weight excluding hydrogens is 201 g/mol. The second-order valence-electron chi connectivity index (χ2n) is 3.92. The molecule has 0 atom stereocenters. The summed E-state index contributed by atoms with van der Waals surface area (Å²) in [6, 6.07) is 3.42. The Morgan fingerprint density at radius 1 is 1.53 bits per heavy atom. The number of nitrogens with zero attached hydrogens (tertiary/aromatic N) is 1. The van der Waals surface area contributed by atoms with Crippen LogP contribution in [-0.2, 0) is 0 Å². The van der Waals surface area contributed by atoms with Gasteiger partial charge in [0.25, 0.3) is 5.69 Å². The lowest BCUT2D eigenvalue weighted by Crippen LogP contribution is -2.13. The number of ether oxygens (including phenoxy) is 1. The summed E-state index contributed by atoms with van der Waals surface area (Å²) >= 11 is 0. The van der Waals surface area contributed by atoms with Crippen LogP contribution >= 0.6 is 0 Å². The molecule has 1 aromatic carbocycles. The van der Waals surface area contributed by atoms with Crippen molar-refractivity contribution in [3.8, 4) is 5.75 Å². The fraction of sp³-hybridized carbons (Fsp3) is 0.400. The molecule has 0 aromatic heterocycles. The summed E-state index contributed by atoms with van der Waals surface area (Å²) in [6.07, 6.45) is 1.78. The Hall–Kier alpha value is -1.65. The second-order valence-corrected chi connectivity index (χ2v) is 3.92. The van der Waals surface area contributed by atoms with Crippen molar-refractivity contribution in [2.24, 2.45) is 0 Å². The molecule has 0 bridgehead atoms. The van der Waals surface area contributed by atoms with E-state index in [1.54, 1.807) is 0 Å². The van der Waals surface area contributed by atoms with E-state index < -0.39 is 10.7 Å². The van der Waals surface area contributed by atoms with Gasteiger partial charge in [-0.05, 0) is 25.8 Å². The summed E-state index contributed by atoms with van der Waals surface area (Å²) < 4.78 is 18.7. The molecule has 1 fully saturated rings. The van der Waals surface area contributed by atoms with Crippen LogP contribution in [0.2, 0.25) is 0 Å². The zero-order chi connectivity index (χ0) is 11.1. The van der Waals surface area contributed by atoms with Gasteiger partial charge in [0.1, 0.15) is 5.60 Å². The highest BCUT2D eigenvalue weighted by Gasteiger charge is 2.40. The molecule has 5 heteroatoms. The van der Waals surface area contributed by atoms with Gasteiger partial charge in [-0.2, -0.15) is 0 Å². The maximum atomic E-state index is 13.3. The molecule has 0 radical (unpaired) electrons. The molecule has 1 aliphatic carbocycles. The molecule has 0 spiro atoms. The van der Waals surface area contributed by atoms with Crippen LogP contribution in [-0.4, -0.2) is 10.5 Å². The van der Waals surface area contributed by atoms with Crippen LogP contribution < -0.4 is 4.74 Å². The first-order chi connectivity index (χ1) is 7.00. The number of nitro groups is 1. The number of hydrogen-bond acceptors (Lipinski definition) is 3. The molecule has 2 rings (SSSR count). The standard InChI is InChI=1S/C10H10FNO3/c1-10(4-5-10)15-9-3-2-7(12(13)14)6-8(9)11/h2-3,6H,4-5H2,1H3. The number of hydrogen-bond donors (Lipinski definition) is 0. The number of nitro benzene ring substituents is 1. The third kappa shape index (κ3) is 2.06. The van der Waals surface area contributed by atoms with Crippen LogP contribution in [0.4, 0.5) is 10.1 Å². The van der Waals surface area contributed by atoms with Gasteiger partial charge in [-0.3, -0.25) is 10.1 Å². The molecule has 0 amide bonds. The van der Waals surface area contributed by atoms with Crippen molar-refractivity contribution < 1.29 is 14.1 Å². The third-order valence-electron chi connectivity index (χ3n) is 2.44. The minimum Gasteiger partial charge on any atom is -0.484 e. The van der Waals surface area contributed by atoms with E-state index in [1.807, 2.05) is 6.92 Å². The quantitative estimate of drug-likeness (QED) is 0.570. The number of rotatable bonds is 3. The molecule has 80 valence electrons. The van der Waals surface area contributed by atoms with Gasteiger partial charge in [-0.25, -0.2) is 4.39 Å². The summed E-state index contributed by atoms with van der Waals surface area (Å²) in [5.41, 5.74) is -0.544. The van der Waals surface area contributed by atoms with Gasteiger partial charge < -0.3 is 4.74 Å². The fourth-order valence-corrected chi connectivity index (χ4v) is 1.23. The van der Waals surface area contributed by atoms with Crippen LogP contribution in [0.5, 0.6) is 5.75 Å². The highest BCUT2D eigenvalue weighted by Crippen LogP contribution is 2.40. The van der Waals surface area contributed by atoms with E-state index in [4.69, 9.17) is 4.74 Å². The van der Waals surface area contributed by atoms with E-state index in [-0.39, 0.29) is 17.0 Å². The van der Waals surface area contributed by atoms with E-state index in [0.29, 0.717) is 0 Å². The van der Waals surface area contributed by atoms with Gasteiger partial charge in [-0.1, -0.05) is 0 Å². The third-order valence-corrected chi connectivity index (χ3v) is 2.44. The Kier molecular flexibility index (Phi) is 2.10. The van der Waals surface area contributed by atoms with Crippen LogP contribution in [0, 0.1) is 15.9 Å². The van der Waals surface area contributed by atoms with Crippen molar-refractivity contribution >= 4 is 5.69 Å². The first kappa shape index (κ1) is 9.89. The molecule has 0 saturated heterocycles. The largest absolute Gasteiger partial charge is 0.484 e. The van der Waals surface area contributed by atoms with E-state index in [9.17, 15) is 14.5 Å². The van der Waals surface area contributed by atoms with Gasteiger partial charge in [0.05, 0.1) is 11.0 Å². The molecule has 1 aliphatic rings. The molecule has 1 aromatic rings. The lowest BCUT2D eigenvalue weighted by molar-refractivity contribution is -0.385. The van der Waals surface area contributed by atoms with E-state index in [0.717, 1.165) is 18.9 Å². The van der Waals surface area contributed by atoms with Gasteiger partial charge in [0, 0.05) is 6.07 Å². The Bertz CT molecular complexity index is 415. The van der Waals surface area contributed by atoms with Crippen molar-refractivity contribution in [2.75, 3.05) is 0 Å². The zero-order valence-corrected chi connectivity index (χ0v) is 8.20. The monoisotopic (exact) mass is 211 g/mol. The van der Waals surface area contributed by atoms with Crippen LogP contribution in [0.1, 0.15) is 19.8 Å². The first-order valence-corrected chi connectivity index (χ1v) is 4.63. The number of benzene rings is 1. The van der Waals surface area contributed by atoms with Gasteiger partial charge >= 0.3 is 0 Å². The topological polar surface area (TPSA) is 52.4 Å². The fourth-order valence-electron chi connectivity index (χ4n) is 1.23. The molecule has 1 saturated carbocycles. The second kappa shape index (κ2) is 3.18. The van der Waals surface area contributed by atoms with Crippen molar-refractivity contribution in [1.82, 2.24) is 0 Å². The lowest BCUT2D eigenvalue weighted by atomic mass is 10.3. The Balaban J connectivity index is 2.22. The average Bonchev–Trinajstić information content (AvgIpc) is 2.87. The van der Waals surface area contributed by atoms with Gasteiger partial charge in [0.2, 0.25) is 0 Å². The molecule has 0 N–H and O–H groups in total. The highest BCUT2D eigenvalue weighted by atomic mass is 19.1. The molecule has 0 unspecified atom stereocenters. The first-order valence-electron chi connectivity index (χ1n) is 4.63. The zero-order valence-electron chi connectivity index (χ0n) is 8.20. The average molecular weight is 211 g/mol. The van der Waals surface area contributed by atoms with Crippen molar-refractivity contribution in [3.63, 3.8) is 0 Å². The minimum atomic E-state index is -0.683. The molecule has 0 aliphatic heterocycles. The highest BCUT2D eigenvalue weighted by molar-refractivity contribution is 5.38. The smallest absolute Gasteiger partial charge is 0.272 e. The van der Waals surface area contributed by atoms with Crippen LogP contribution in [0.3, 0.4) is 0 Å². The molecular formula is C10H10FNO3. The summed E-state index contributed by atoms with van der Waals surface area (Å²) in [6.45, 7) is 1.88. The Morgan fingerprint density at radius 2 is 2.20 bits per heavy atom. The molecule has 15 heavy (non-hydrogen) atoms. The van der Waals surface area contributed by atoms with Crippen molar-refractivity contribution in [1.29, 1.82) is 0 Å².